The molecule has 4 aromatic rings. The number of rotatable bonds is 4. The summed E-state index contributed by atoms with van der Waals surface area (Å²) in [6.45, 7) is 0. The third kappa shape index (κ3) is 3.23. The van der Waals surface area contributed by atoms with Gasteiger partial charge in [0.25, 0.3) is 0 Å². The molecule has 0 saturated heterocycles. The molecular weight excluding hydrogens is 353 g/mol. The Morgan fingerprint density at radius 3 is 2.42 bits per heavy atom. The van der Waals surface area contributed by atoms with Crippen LogP contribution in [0.3, 0.4) is 0 Å². The maximum Gasteiger partial charge on any atom is 0.226 e. The fourth-order valence-electron chi connectivity index (χ4n) is 2.74. The average molecular weight is 367 g/mol. The Balaban J connectivity index is 1.62. The maximum atomic E-state index is 13.0. The van der Waals surface area contributed by atoms with Gasteiger partial charge in [0.15, 0.2) is 9.84 Å². The third-order valence-corrected chi connectivity index (χ3v) is 5.71. The van der Waals surface area contributed by atoms with Crippen molar-refractivity contribution in [1.82, 2.24) is 4.98 Å². The van der Waals surface area contributed by atoms with Crippen molar-refractivity contribution >= 4 is 20.6 Å². The molecule has 0 N–H and O–H groups in total. The largest absolute Gasteiger partial charge is 0.444 e. The van der Waals surface area contributed by atoms with E-state index in [2.05, 4.69) is 4.98 Å². The summed E-state index contributed by atoms with van der Waals surface area (Å²) >= 11 is 0. The summed E-state index contributed by atoms with van der Waals surface area (Å²) in [6.07, 6.45) is 1.32. The Bertz CT molecular complexity index is 1180. The maximum absolute atomic E-state index is 13.0. The highest BCUT2D eigenvalue weighted by Gasteiger charge is 2.19. The second-order valence-corrected chi connectivity index (χ2v) is 7.91. The van der Waals surface area contributed by atoms with Crippen molar-refractivity contribution in [2.75, 3.05) is 0 Å². The number of nitrogens with zero attached hydrogens (tertiary/aromatic N) is 1. The van der Waals surface area contributed by atoms with Crippen LogP contribution in [0.4, 0.5) is 4.39 Å². The van der Waals surface area contributed by atoms with Crippen molar-refractivity contribution in [3.8, 4) is 11.5 Å². The average Bonchev–Trinajstić information content (AvgIpc) is 3.09. The minimum absolute atomic E-state index is 0.238. The smallest absolute Gasteiger partial charge is 0.226 e. The van der Waals surface area contributed by atoms with E-state index in [1.54, 1.807) is 18.2 Å². The number of oxazole rings is 1. The van der Waals surface area contributed by atoms with E-state index in [0.29, 0.717) is 11.3 Å². The topological polar surface area (TPSA) is 60.2 Å². The highest BCUT2D eigenvalue weighted by atomic mass is 32.2. The van der Waals surface area contributed by atoms with Gasteiger partial charge in [0.2, 0.25) is 5.89 Å². The summed E-state index contributed by atoms with van der Waals surface area (Å²) in [4.78, 5) is 4.45. The predicted molar refractivity (Wildman–Crippen MR) is 96.7 cm³/mol. The van der Waals surface area contributed by atoms with Gasteiger partial charge in [-0.25, -0.2) is 17.8 Å². The van der Waals surface area contributed by atoms with E-state index in [1.807, 2.05) is 24.3 Å². The van der Waals surface area contributed by atoms with Gasteiger partial charge in [0.1, 0.15) is 17.8 Å². The Morgan fingerprint density at radius 2 is 1.65 bits per heavy atom. The van der Waals surface area contributed by atoms with Crippen LogP contribution in [0.2, 0.25) is 0 Å². The molecular formula is C20H14FNO3S. The molecule has 0 aliphatic carbocycles. The second kappa shape index (κ2) is 6.38. The lowest BCUT2D eigenvalue weighted by Crippen LogP contribution is -2.05. The zero-order chi connectivity index (χ0) is 18.1. The number of sulfone groups is 1. The highest BCUT2D eigenvalue weighted by Crippen LogP contribution is 2.24. The van der Waals surface area contributed by atoms with Crippen LogP contribution in [-0.2, 0) is 15.6 Å². The number of aromatic nitrogens is 1. The SMILES string of the molecule is O=S(=O)(Cc1coc(-c2ccc(F)cc2)n1)c1ccc2ccccc2c1. The van der Waals surface area contributed by atoms with Crippen molar-refractivity contribution in [3.05, 3.63) is 84.5 Å². The molecule has 4 nitrogen and oxygen atoms in total. The van der Waals surface area contributed by atoms with Gasteiger partial charge in [-0.2, -0.15) is 0 Å². The molecule has 0 unspecified atom stereocenters. The molecule has 0 radical (unpaired) electrons. The molecule has 0 bridgehead atoms. The molecule has 0 atom stereocenters. The quantitative estimate of drug-likeness (QED) is 0.529. The molecule has 26 heavy (non-hydrogen) atoms. The molecule has 6 heteroatoms. The number of fused-ring (bicyclic) bond motifs is 1. The van der Waals surface area contributed by atoms with Crippen LogP contribution in [0.25, 0.3) is 22.2 Å². The monoisotopic (exact) mass is 367 g/mol. The van der Waals surface area contributed by atoms with Gasteiger partial charge >= 0.3 is 0 Å². The first-order valence-corrected chi connectivity index (χ1v) is 9.58. The lowest BCUT2D eigenvalue weighted by atomic mass is 10.1. The van der Waals surface area contributed by atoms with Crippen LogP contribution < -0.4 is 0 Å². The van der Waals surface area contributed by atoms with E-state index < -0.39 is 9.84 Å². The van der Waals surface area contributed by atoms with Gasteiger partial charge in [-0.15, -0.1) is 0 Å². The number of hydrogen-bond acceptors (Lipinski definition) is 4. The normalized spacial score (nSPS) is 11.7. The van der Waals surface area contributed by atoms with E-state index in [0.717, 1.165) is 10.8 Å². The summed E-state index contributed by atoms with van der Waals surface area (Å²) in [5.74, 6) is -0.371. The lowest BCUT2D eigenvalue weighted by Gasteiger charge is -2.04. The number of hydrogen-bond donors (Lipinski definition) is 0. The second-order valence-electron chi connectivity index (χ2n) is 5.92. The van der Waals surface area contributed by atoms with Crippen LogP contribution in [0.15, 0.2) is 82.3 Å². The number of halogens is 1. The van der Waals surface area contributed by atoms with Crippen LogP contribution >= 0.6 is 0 Å². The summed E-state index contributed by atoms with van der Waals surface area (Å²) in [5.41, 5.74) is 0.887. The van der Waals surface area contributed by atoms with Gasteiger partial charge < -0.3 is 4.42 Å². The highest BCUT2D eigenvalue weighted by molar-refractivity contribution is 7.90. The molecule has 0 saturated carbocycles. The first kappa shape index (κ1) is 16.5. The Hall–Kier alpha value is -2.99. The van der Waals surface area contributed by atoms with Crippen molar-refractivity contribution in [2.24, 2.45) is 0 Å². The summed E-state index contributed by atoms with van der Waals surface area (Å²) in [6, 6.07) is 18.3. The molecule has 4 rings (SSSR count). The lowest BCUT2D eigenvalue weighted by molar-refractivity contribution is 0.571. The van der Waals surface area contributed by atoms with Crippen molar-refractivity contribution < 1.29 is 17.2 Å². The first-order chi connectivity index (χ1) is 12.5. The standard InChI is InChI=1S/C20H14FNO3S/c21-17-8-5-15(6-9-17)20-22-18(12-25-20)13-26(23,24)19-10-7-14-3-1-2-4-16(14)11-19/h1-12H,13H2. The Morgan fingerprint density at radius 1 is 0.923 bits per heavy atom. The van der Waals surface area contributed by atoms with Crippen LogP contribution in [0.1, 0.15) is 5.69 Å². The molecule has 1 aromatic heterocycles. The predicted octanol–water partition coefficient (Wildman–Crippen LogP) is 4.61. The van der Waals surface area contributed by atoms with Gasteiger partial charge in [-0.1, -0.05) is 30.3 Å². The van der Waals surface area contributed by atoms with Crippen molar-refractivity contribution in [1.29, 1.82) is 0 Å². The fraction of sp³-hybridized carbons (Fsp3) is 0.0500. The zero-order valence-corrected chi connectivity index (χ0v) is 14.4. The summed E-state index contributed by atoms with van der Waals surface area (Å²) < 4.78 is 43.8. The minimum Gasteiger partial charge on any atom is -0.444 e. The molecule has 0 fully saturated rings. The van der Waals surface area contributed by atoms with E-state index in [4.69, 9.17) is 4.42 Å². The minimum atomic E-state index is -3.56. The first-order valence-electron chi connectivity index (χ1n) is 7.93. The van der Waals surface area contributed by atoms with Gasteiger partial charge in [0.05, 0.1) is 10.6 Å². The van der Waals surface area contributed by atoms with Gasteiger partial charge in [-0.05, 0) is 47.2 Å². The van der Waals surface area contributed by atoms with Crippen molar-refractivity contribution in [2.45, 2.75) is 10.6 Å². The molecule has 0 amide bonds. The molecule has 0 aliphatic heterocycles. The molecule has 3 aromatic carbocycles. The van der Waals surface area contributed by atoms with Gasteiger partial charge in [-0.3, -0.25) is 0 Å². The van der Waals surface area contributed by atoms with E-state index in [-0.39, 0.29) is 22.4 Å². The molecule has 0 spiro atoms. The Kier molecular flexibility index (Phi) is 4.05. The third-order valence-electron chi connectivity index (χ3n) is 4.06. The van der Waals surface area contributed by atoms with E-state index >= 15 is 0 Å². The molecule has 1 heterocycles. The zero-order valence-electron chi connectivity index (χ0n) is 13.6. The van der Waals surface area contributed by atoms with Crippen LogP contribution in [0.5, 0.6) is 0 Å². The van der Waals surface area contributed by atoms with Crippen molar-refractivity contribution in [3.63, 3.8) is 0 Å². The summed E-state index contributed by atoms with van der Waals surface area (Å²) in [7, 11) is -3.56. The van der Waals surface area contributed by atoms with Crippen LogP contribution in [-0.4, -0.2) is 13.4 Å². The molecule has 0 aliphatic rings. The van der Waals surface area contributed by atoms with Gasteiger partial charge in [0, 0.05) is 5.56 Å². The summed E-state index contributed by atoms with van der Waals surface area (Å²) in [5, 5.41) is 1.84. The van der Waals surface area contributed by atoms with E-state index in [1.165, 1.54) is 30.5 Å². The van der Waals surface area contributed by atoms with Crippen LogP contribution in [0, 0.1) is 5.82 Å². The number of benzene rings is 3. The van der Waals surface area contributed by atoms with E-state index in [9.17, 15) is 12.8 Å². The Labute approximate surface area is 149 Å². The molecule has 130 valence electrons. The fourth-order valence-corrected chi connectivity index (χ4v) is 4.01.